The van der Waals surface area contributed by atoms with Crippen molar-refractivity contribution in [2.75, 3.05) is 18.0 Å². The highest BCUT2D eigenvalue weighted by atomic mass is 32.2. The number of rotatable bonds is 2. The van der Waals surface area contributed by atoms with Crippen LogP contribution in [0.15, 0.2) is 29.2 Å². The first kappa shape index (κ1) is 14.8. The van der Waals surface area contributed by atoms with Crippen molar-refractivity contribution in [1.29, 1.82) is 0 Å². The maximum absolute atomic E-state index is 12.7. The Morgan fingerprint density at radius 1 is 1.05 bits per heavy atom. The molecule has 0 aromatic heterocycles. The number of benzene rings is 1. The summed E-state index contributed by atoms with van der Waals surface area (Å²) >= 11 is 0. The molecule has 0 radical (unpaired) electrons. The molecule has 1 aromatic carbocycles. The van der Waals surface area contributed by atoms with Gasteiger partial charge in [0.25, 0.3) is 9.84 Å². The summed E-state index contributed by atoms with van der Waals surface area (Å²) in [5.41, 5.74) is -5.34. The Hall–Kier alpha value is -1.57. The number of nitrogens with zero attached hydrogens (tertiary/aromatic N) is 1. The summed E-state index contributed by atoms with van der Waals surface area (Å²) in [5.74, 6) is 0.0254. The molecule has 2 rings (SSSR count). The highest BCUT2D eigenvalue weighted by molar-refractivity contribution is 7.92. The van der Waals surface area contributed by atoms with Gasteiger partial charge in [0.15, 0.2) is 0 Å². The van der Waals surface area contributed by atoms with Crippen molar-refractivity contribution >= 4 is 21.3 Å². The second-order valence-corrected chi connectivity index (χ2v) is 6.35. The third-order valence-corrected chi connectivity index (χ3v) is 4.65. The Balaban J connectivity index is 2.44. The first-order chi connectivity index (χ1) is 9.23. The molecule has 1 aromatic rings. The van der Waals surface area contributed by atoms with E-state index < -0.39 is 20.2 Å². The molecular formula is C12H12F3NO3S. The minimum absolute atomic E-state index is 0.00248. The average Bonchev–Trinajstić information content (AvgIpc) is 2.38. The van der Waals surface area contributed by atoms with Crippen LogP contribution >= 0.6 is 0 Å². The molecule has 110 valence electrons. The van der Waals surface area contributed by atoms with Crippen molar-refractivity contribution in [3.8, 4) is 0 Å². The smallest absolute Gasteiger partial charge is 0.370 e. The molecule has 8 heteroatoms. The Morgan fingerprint density at radius 2 is 1.60 bits per heavy atom. The zero-order valence-electron chi connectivity index (χ0n) is 10.4. The maximum Gasteiger partial charge on any atom is 0.501 e. The summed E-state index contributed by atoms with van der Waals surface area (Å²) < 4.78 is 61.1. The fourth-order valence-electron chi connectivity index (χ4n) is 2.07. The lowest BCUT2D eigenvalue weighted by Gasteiger charge is -2.29. The molecule has 1 aliphatic rings. The molecule has 1 heterocycles. The second kappa shape index (κ2) is 5.08. The molecule has 0 aliphatic carbocycles. The predicted molar refractivity (Wildman–Crippen MR) is 66.1 cm³/mol. The van der Waals surface area contributed by atoms with Crippen molar-refractivity contribution in [2.24, 2.45) is 0 Å². The number of piperidine rings is 1. The van der Waals surface area contributed by atoms with E-state index in [-0.39, 0.29) is 37.4 Å². The molecule has 0 bridgehead atoms. The van der Waals surface area contributed by atoms with Crippen LogP contribution < -0.4 is 4.90 Å². The van der Waals surface area contributed by atoms with Crippen LogP contribution in [-0.2, 0) is 14.6 Å². The van der Waals surface area contributed by atoms with Gasteiger partial charge in [-0.15, -0.1) is 0 Å². The van der Waals surface area contributed by atoms with Gasteiger partial charge in [-0.3, -0.25) is 4.79 Å². The molecule has 0 unspecified atom stereocenters. The van der Waals surface area contributed by atoms with Crippen molar-refractivity contribution in [3.05, 3.63) is 24.3 Å². The Bertz CT molecular complexity index is 615. The minimum atomic E-state index is -5.40. The molecule has 0 atom stereocenters. The summed E-state index contributed by atoms with van der Waals surface area (Å²) in [6.07, 6.45) is 0.417. The van der Waals surface area contributed by atoms with Crippen LogP contribution in [0, 0.1) is 0 Å². The molecule has 1 aliphatic heterocycles. The number of halogens is 3. The van der Waals surface area contributed by atoms with E-state index in [2.05, 4.69) is 0 Å². The van der Waals surface area contributed by atoms with Gasteiger partial charge in [0.1, 0.15) is 5.78 Å². The summed E-state index contributed by atoms with van der Waals surface area (Å²) in [5, 5.41) is 0. The standard InChI is InChI=1S/C12H12F3NO3S/c13-12(14,15)20(18,19)11-4-2-1-3-10(11)16-7-5-9(17)6-8-16/h1-4H,5-8H2. The van der Waals surface area contributed by atoms with Crippen LogP contribution in [0.25, 0.3) is 0 Å². The molecule has 20 heavy (non-hydrogen) atoms. The van der Waals surface area contributed by atoms with Gasteiger partial charge in [0, 0.05) is 25.9 Å². The highest BCUT2D eigenvalue weighted by Crippen LogP contribution is 2.36. The zero-order valence-corrected chi connectivity index (χ0v) is 11.2. The van der Waals surface area contributed by atoms with Crippen molar-refractivity contribution in [2.45, 2.75) is 23.2 Å². The van der Waals surface area contributed by atoms with Crippen molar-refractivity contribution in [1.82, 2.24) is 0 Å². The van der Waals surface area contributed by atoms with E-state index in [1.54, 1.807) is 0 Å². The fraction of sp³-hybridized carbons (Fsp3) is 0.417. The molecule has 1 saturated heterocycles. The predicted octanol–water partition coefficient (Wildman–Crippen LogP) is 2.15. The average molecular weight is 307 g/mol. The van der Waals surface area contributed by atoms with Crippen molar-refractivity contribution < 1.29 is 26.4 Å². The third-order valence-electron chi connectivity index (χ3n) is 3.12. The molecule has 1 fully saturated rings. The number of anilines is 1. The lowest BCUT2D eigenvalue weighted by molar-refractivity contribution is -0.119. The van der Waals surface area contributed by atoms with E-state index in [1.807, 2.05) is 0 Å². The van der Waals surface area contributed by atoms with E-state index in [0.29, 0.717) is 0 Å². The van der Waals surface area contributed by atoms with Crippen LogP contribution in [0.1, 0.15) is 12.8 Å². The van der Waals surface area contributed by atoms with Gasteiger partial charge in [0.2, 0.25) is 0 Å². The van der Waals surface area contributed by atoms with Gasteiger partial charge in [-0.25, -0.2) is 8.42 Å². The first-order valence-corrected chi connectivity index (χ1v) is 7.39. The van der Waals surface area contributed by atoms with Gasteiger partial charge < -0.3 is 4.90 Å². The Kier molecular flexibility index (Phi) is 3.77. The quantitative estimate of drug-likeness (QED) is 0.840. The molecular weight excluding hydrogens is 295 g/mol. The first-order valence-electron chi connectivity index (χ1n) is 5.90. The van der Waals surface area contributed by atoms with Crippen molar-refractivity contribution in [3.63, 3.8) is 0 Å². The summed E-state index contributed by atoms with van der Waals surface area (Å²) in [7, 11) is -5.40. The molecule has 4 nitrogen and oxygen atoms in total. The molecule has 0 amide bonds. The summed E-state index contributed by atoms with van der Waals surface area (Å²) in [6.45, 7) is 0.451. The topological polar surface area (TPSA) is 54.5 Å². The van der Waals surface area contributed by atoms with Gasteiger partial charge >= 0.3 is 5.51 Å². The van der Waals surface area contributed by atoms with Crippen LogP contribution in [0.2, 0.25) is 0 Å². The number of carbonyl (C=O) groups excluding carboxylic acids is 1. The van der Waals surface area contributed by atoms with Crippen LogP contribution in [0.4, 0.5) is 18.9 Å². The van der Waals surface area contributed by atoms with Gasteiger partial charge in [0.05, 0.1) is 10.6 Å². The molecule has 0 saturated carbocycles. The number of carbonyl (C=O) groups is 1. The summed E-state index contributed by atoms with van der Waals surface area (Å²) in [6, 6.07) is 4.99. The normalized spacial score (nSPS) is 17.4. The van der Waals surface area contributed by atoms with Crippen LogP contribution in [-0.4, -0.2) is 32.8 Å². The van der Waals surface area contributed by atoms with Gasteiger partial charge in [-0.1, -0.05) is 12.1 Å². The Morgan fingerprint density at radius 3 is 2.15 bits per heavy atom. The van der Waals surface area contributed by atoms with Gasteiger partial charge in [-0.2, -0.15) is 13.2 Å². The number of hydrogen-bond acceptors (Lipinski definition) is 4. The highest BCUT2D eigenvalue weighted by Gasteiger charge is 2.48. The van der Waals surface area contributed by atoms with E-state index in [4.69, 9.17) is 0 Å². The van der Waals surface area contributed by atoms with E-state index in [9.17, 15) is 26.4 Å². The lowest BCUT2D eigenvalue weighted by Crippen LogP contribution is -2.35. The number of para-hydroxylation sites is 1. The number of Topliss-reactive ketones (excluding diaryl/α,β-unsaturated/α-hetero) is 1. The van der Waals surface area contributed by atoms with Crippen LogP contribution in [0.5, 0.6) is 0 Å². The fourth-order valence-corrected chi connectivity index (χ4v) is 3.05. The second-order valence-electron chi connectivity index (χ2n) is 4.44. The molecule has 0 spiro atoms. The number of sulfone groups is 1. The summed E-state index contributed by atoms with van der Waals surface area (Å²) in [4.78, 5) is 11.9. The number of hydrogen-bond donors (Lipinski definition) is 0. The minimum Gasteiger partial charge on any atom is -0.370 e. The van der Waals surface area contributed by atoms with Crippen LogP contribution in [0.3, 0.4) is 0 Å². The van der Waals surface area contributed by atoms with E-state index in [1.165, 1.54) is 23.1 Å². The van der Waals surface area contributed by atoms with E-state index in [0.717, 1.165) is 6.07 Å². The lowest BCUT2D eigenvalue weighted by atomic mass is 10.1. The Labute approximate surface area is 114 Å². The van der Waals surface area contributed by atoms with E-state index >= 15 is 0 Å². The number of alkyl halides is 3. The zero-order chi connectivity index (χ0) is 15.0. The van der Waals surface area contributed by atoms with Gasteiger partial charge in [-0.05, 0) is 12.1 Å². The SMILES string of the molecule is O=C1CCN(c2ccccc2S(=O)(=O)C(F)(F)F)CC1. The largest absolute Gasteiger partial charge is 0.501 e. The number of ketones is 1. The monoisotopic (exact) mass is 307 g/mol. The third kappa shape index (κ3) is 2.65. The maximum atomic E-state index is 12.7. The molecule has 0 N–H and O–H groups in total.